The maximum atomic E-state index is 5.83. The fourth-order valence-electron chi connectivity index (χ4n) is 2.31. The van der Waals surface area contributed by atoms with E-state index in [1.54, 1.807) is 0 Å². The lowest BCUT2D eigenvalue weighted by atomic mass is 10.1. The van der Waals surface area contributed by atoms with Crippen molar-refractivity contribution in [3.63, 3.8) is 0 Å². The summed E-state index contributed by atoms with van der Waals surface area (Å²) < 4.78 is 21.9. The largest absolute Gasteiger partial charge is 0.491 e. The Labute approximate surface area is 123 Å². The summed E-state index contributed by atoms with van der Waals surface area (Å²) in [5.74, 6) is 1.79. The first-order valence-corrected chi connectivity index (χ1v) is 7.31. The van der Waals surface area contributed by atoms with E-state index in [2.05, 4.69) is 31.2 Å². The molecule has 0 saturated carbocycles. The van der Waals surface area contributed by atoms with E-state index in [4.69, 9.17) is 18.9 Å². The fraction of sp³-hybridized carbons (Fsp3) is 0.412. The van der Waals surface area contributed by atoms with Crippen LogP contribution in [0.5, 0.6) is 11.5 Å². The zero-order valence-electron chi connectivity index (χ0n) is 12.0. The van der Waals surface area contributed by atoms with Crippen molar-refractivity contribution in [2.75, 3.05) is 26.4 Å². The molecule has 4 heteroatoms. The molecule has 0 bridgehead atoms. The third-order valence-corrected chi connectivity index (χ3v) is 3.77. The summed E-state index contributed by atoms with van der Waals surface area (Å²) in [5, 5.41) is 2.32. The molecule has 2 fully saturated rings. The van der Waals surface area contributed by atoms with Crippen molar-refractivity contribution in [2.24, 2.45) is 0 Å². The van der Waals surface area contributed by atoms with Crippen LogP contribution in [0.4, 0.5) is 0 Å². The monoisotopic (exact) mass is 286 g/mol. The van der Waals surface area contributed by atoms with Crippen LogP contribution in [-0.2, 0) is 9.47 Å². The Hall–Kier alpha value is -1.78. The van der Waals surface area contributed by atoms with Crippen molar-refractivity contribution < 1.29 is 18.9 Å². The standard InChI is InChI=1S/C17H18O4/c1-11-4-12-2-3-14(18-7-15-8-19-15)5-13(12)6-17(11)21-10-16-9-20-16/h2-6,15-16H,7-10H2,1H3. The molecule has 4 rings (SSSR count). The van der Waals surface area contributed by atoms with E-state index in [9.17, 15) is 0 Å². The maximum Gasteiger partial charge on any atom is 0.122 e. The molecule has 0 aromatic heterocycles. The van der Waals surface area contributed by atoms with E-state index in [1.165, 1.54) is 5.39 Å². The zero-order chi connectivity index (χ0) is 14.2. The predicted molar refractivity (Wildman–Crippen MR) is 79.2 cm³/mol. The zero-order valence-corrected chi connectivity index (χ0v) is 12.0. The highest BCUT2D eigenvalue weighted by molar-refractivity contribution is 5.86. The molecule has 0 N–H and O–H groups in total. The van der Waals surface area contributed by atoms with E-state index >= 15 is 0 Å². The molecule has 0 amide bonds. The molecule has 2 aliphatic rings. The summed E-state index contributed by atoms with van der Waals surface area (Å²) in [7, 11) is 0. The Morgan fingerprint density at radius 3 is 2.38 bits per heavy atom. The van der Waals surface area contributed by atoms with Gasteiger partial charge in [0.05, 0.1) is 13.2 Å². The van der Waals surface area contributed by atoms with Gasteiger partial charge in [-0.15, -0.1) is 0 Å². The van der Waals surface area contributed by atoms with Crippen LogP contribution in [0.1, 0.15) is 5.56 Å². The van der Waals surface area contributed by atoms with Crippen molar-refractivity contribution in [1.82, 2.24) is 0 Å². The minimum atomic E-state index is 0.272. The lowest BCUT2D eigenvalue weighted by Gasteiger charge is -2.11. The lowest BCUT2D eigenvalue weighted by Crippen LogP contribution is -2.05. The summed E-state index contributed by atoms with van der Waals surface area (Å²) in [6, 6.07) is 10.4. The van der Waals surface area contributed by atoms with E-state index < -0.39 is 0 Å². The second-order valence-corrected chi connectivity index (χ2v) is 5.66. The topological polar surface area (TPSA) is 43.5 Å². The number of rotatable bonds is 6. The molecule has 2 aromatic rings. The van der Waals surface area contributed by atoms with Gasteiger partial charge >= 0.3 is 0 Å². The quantitative estimate of drug-likeness (QED) is 0.766. The van der Waals surface area contributed by atoms with Crippen molar-refractivity contribution in [3.05, 3.63) is 35.9 Å². The van der Waals surface area contributed by atoms with E-state index in [0.29, 0.717) is 13.2 Å². The molecule has 2 saturated heterocycles. The number of ether oxygens (including phenoxy) is 4. The van der Waals surface area contributed by atoms with Gasteiger partial charge in [0.25, 0.3) is 0 Å². The molecule has 0 aliphatic carbocycles. The Morgan fingerprint density at radius 1 is 0.952 bits per heavy atom. The third kappa shape index (κ3) is 3.12. The van der Waals surface area contributed by atoms with Gasteiger partial charge < -0.3 is 18.9 Å². The number of aryl methyl sites for hydroxylation is 1. The first kappa shape index (κ1) is 12.9. The van der Waals surface area contributed by atoms with Crippen molar-refractivity contribution in [2.45, 2.75) is 19.1 Å². The molecule has 2 aliphatic heterocycles. The molecular weight excluding hydrogens is 268 g/mol. The number of fused-ring (bicyclic) bond motifs is 1. The van der Waals surface area contributed by atoms with Crippen LogP contribution in [0.3, 0.4) is 0 Å². The highest BCUT2D eigenvalue weighted by atomic mass is 16.6. The van der Waals surface area contributed by atoms with Crippen LogP contribution in [0.25, 0.3) is 10.8 Å². The number of benzene rings is 2. The molecule has 2 atom stereocenters. The normalized spacial score (nSPS) is 23.1. The van der Waals surface area contributed by atoms with Crippen molar-refractivity contribution in [1.29, 1.82) is 0 Å². The van der Waals surface area contributed by atoms with Crippen LogP contribution in [0.15, 0.2) is 30.3 Å². The average Bonchev–Trinajstić information content (AvgIpc) is 3.37. The van der Waals surface area contributed by atoms with Gasteiger partial charge in [-0.2, -0.15) is 0 Å². The molecule has 0 radical (unpaired) electrons. The van der Waals surface area contributed by atoms with Crippen LogP contribution in [0.2, 0.25) is 0 Å². The second-order valence-electron chi connectivity index (χ2n) is 5.66. The smallest absolute Gasteiger partial charge is 0.122 e. The summed E-state index contributed by atoms with van der Waals surface area (Å²) in [6.07, 6.45) is 0.546. The minimum absolute atomic E-state index is 0.272. The second kappa shape index (κ2) is 5.20. The fourth-order valence-corrected chi connectivity index (χ4v) is 2.31. The Morgan fingerprint density at radius 2 is 1.67 bits per heavy atom. The molecule has 21 heavy (non-hydrogen) atoms. The molecular formula is C17H18O4. The van der Waals surface area contributed by atoms with E-state index in [0.717, 1.165) is 35.7 Å². The van der Waals surface area contributed by atoms with Gasteiger partial charge in [0, 0.05) is 0 Å². The molecule has 0 spiro atoms. The molecule has 2 heterocycles. The highest BCUT2D eigenvalue weighted by Gasteiger charge is 2.24. The summed E-state index contributed by atoms with van der Waals surface area (Å²) in [5.41, 5.74) is 1.14. The molecule has 4 nitrogen and oxygen atoms in total. The maximum absolute atomic E-state index is 5.83. The van der Waals surface area contributed by atoms with Gasteiger partial charge in [-0.1, -0.05) is 6.07 Å². The summed E-state index contributed by atoms with van der Waals surface area (Å²) in [6.45, 7) is 4.94. The number of hydrogen-bond donors (Lipinski definition) is 0. The molecule has 2 aromatic carbocycles. The summed E-state index contributed by atoms with van der Waals surface area (Å²) in [4.78, 5) is 0. The van der Waals surface area contributed by atoms with Crippen LogP contribution in [0, 0.1) is 6.92 Å². The minimum Gasteiger partial charge on any atom is -0.491 e. The summed E-state index contributed by atoms with van der Waals surface area (Å²) >= 11 is 0. The lowest BCUT2D eigenvalue weighted by molar-refractivity contribution is 0.261. The van der Waals surface area contributed by atoms with Crippen molar-refractivity contribution in [3.8, 4) is 11.5 Å². The SMILES string of the molecule is Cc1cc2ccc(OCC3CO3)cc2cc1OCC1CO1. The van der Waals surface area contributed by atoms with E-state index in [-0.39, 0.29) is 12.2 Å². The third-order valence-electron chi connectivity index (χ3n) is 3.77. The first-order valence-electron chi connectivity index (χ1n) is 7.31. The molecule has 110 valence electrons. The predicted octanol–water partition coefficient (Wildman–Crippen LogP) is 2.70. The van der Waals surface area contributed by atoms with Gasteiger partial charge in [0.2, 0.25) is 0 Å². The molecule has 2 unspecified atom stereocenters. The van der Waals surface area contributed by atoms with Gasteiger partial charge in [-0.05, 0) is 47.5 Å². The first-order chi connectivity index (χ1) is 10.3. The van der Waals surface area contributed by atoms with Crippen LogP contribution >= 0.6 is 0 Å². The van der Waals surface area contributed by atoms with E-state index in [1.807, 2.05) is 6.07 Å². The van der Waals surface area contributed by atoms with Crippen molar-refractivity contribution >= 4 is 10.8 Å². The van der Waals surface area contributed by atoms with Gasteiger partial charge in [-0.3, -0.25) is 0 Å². The van der Waals surface area contributed by atoms with Gasteiger partial charge in [-0.25, -0.2) is 0 Å². The Balaban J connectivity index is 1.55. The number of epoxide rings is 2. The van der Waals surface area contributed by atoms with Crippen LogP contribution in [-0.4, -0.2) is 38.6 Å². The Bertz CT molecular complexity index is 659. The van der Waals surface area contributed by atoms with Crippen LogP contribution < -0.4 is 9.47 Å². The Kier molecular flexibility index (Phi) is 3.20. The van der Waals surface area contributed by atoms with Gasteiger partial charge in [0.15, 0.2) is 0 Å². The van der Waals surface area contributed by atoms with Gasteiger partial charge in [0.1, 0.15) is 36.9 Å². The highest BCUT2D eigenvalue weighted by Crippen LogP contribution is 2.29. The number of hydrogen-bond acceptors (Lipinski definition) is 4. The average molecular weight is 286 g/mol.